The zero-order chi connectivity index (χ0) is 25.2. The Labute approximate surface area is 196 Å². The molecule has 186 valence electrons. The molecule has 1 fully saturated rings. The molecule has 0 spiro atoms. The van der Waals surface area contributed by atoms with Crippen LogP contribution in [0, 0.1) is 17.6 Å². The summed E-state index contributed by atoms with van der Waals surface area (Å²) in [6.45, 7) is -1.73. The van der Waals surface area contributed by atoms with E-state index in [0.29, 0.717) is 16.9 Å². The molecule has 12 heteroatoms. The molecule has 7 nitrogen and oxygen atoms in total. The van der Waals surface area contributed by atoms with Crippen molar-refractivity contribution >= 4 is 23.2 Å². The van der Waals surface area contributed by atoms with Gasteiger partial charge < -0.3 is 15.4 Å². The second-order valence-corrected chi connectivity index (χ2v) is 8.14. The van der Waals surface area contributed by atoms with E-state index in [2.05, 4.69) is 20.8 Å². The predicted molar refractivity (Wildman–Crippen MR) is 115 cm³/mol. The average molecular weight is 496 g/mol. The van der Waals surface area contributed by atoms with Crippen LogP contribution in [-0.2, 0) is 20.9 Å². The third-order valence-corrected chi connectivity index (χ3v) is 5.35. The van der Waals surface area contributed by atoms with Crippen LogP contribution in [0.25, 0.3) is 5.70 Å². The van der Waals surface area contributed by atoms with E-state index in [9.17, 15) is 31.5 Å². The number of hydrogen-bond acceptors (Lipinski definition) is 5. The van der Waals surface area contributed by atoms with Gasteiger partial charge in [0.05, 0.1) is 23.9 Å². The number of benzene rings is 2. The van der Waals surface area contributed by atoms with Gasteiger partial charge in [0.1, 0.15) is 24.4 Å². The fraction of sp³-hybridized carbons (Fsp3) is 0.304. The molecule has 2 aromatic rings. The third kappa shape index (κ3) is 6.34. The Kier molecular flexibility index (Phi) is 7.03. The molecule has 4 rings (SSSR count). The van der Waals surface area contributed by atoms with Crippen molar-refractivity contribution < 1.29 is 36.3 Å². The van der Waals surface area contributed by atoms with Gasteiger partial charge in [-0.05, 0) is 54.1 Å². The van der Waals surface area contributed by atoms with Crippen LogP contribution in [0.15, 0.2) is 48.5 Å². The van der Waals surface area contributed by atoms with Crippen LogP contribution in [0.4, 0.5) is 27.6 Å². The quantitative estimate of drug-likeness (QED) is 0.514. The lowest BCUT2D eigenvalue weighted by atomic mass is 10.1. The smallest absolute Gasteiger partial charge is 0.367 e. The number of amides is 2. The summed E-state index contributed by atoms with van der Waals surface area (Å²) in [5.41, 5.74) is 4.33. The summed E-state index contributed by atoms with van der Waals surface area (Å²) in [5.74, 6) is -2.33. The molecule has 2 aliphatic heterocycles. The van der Waals surface area contributed by atoms with E-state index in [4.69, 9.17) is 0 Å². The van der Waals surface area contributed by atoms with Crippen molar-refractivity contribution in [3.63, 3.8) is 0 Å². The van der Waals surface area contributed by atoms with Crippen LogP contribution in [0.5, 0.6) is 0 Å². The predicted octanol–water partition coefficient (Wildman–Crippen LogP) is 2.99. The van der Waals surface area contributed by atoms with Crippen LogP contribution in [0.2, 0.25) is 0 Å². The summed E-state index contributed by atoms with van der Waals surface area (Å²) in [4.78, 5) is 24.0. The first-order valence-corrected chi connectivity index (χ1v) is 10.6. The first-order chi connectivity index (χ1) is 16.6. The van der Waals surface area contributed by atoms with E-state index >= 15 is 0 Å². The zero-order valence-electron chi connectivity index (χ0n) is 18.2. The normalized spacial score (nSPS) is 20.1. The van der Waals surface area contributed by atoms with Gasteiger partial charge in [0.15, 0.2) is 0 Å². The lowest BCUT2D eigenvalue weighted by Crippen LogP contribution is -2.48. The minimum absolute atomic E-state index is 0.0575. The van der Waals surface area contributed by atoms with Gasteiger partial charge in [-0.3, -0.25) is 14.6 Å². The van der Waals surface area contributed by atoms with E-state index in [0.717, 1.165) is 6.07 Å². The Bertz CT molecular complexity index is 1140. The molecule has 3 N–H and O–H groups in total. The Morgan fingerprint density at radius 3 is 2.51 bits per heavy atom. The molecule has 1 unspecified atom stereocenters. The highest BCUT2D eigenvalue weighted by Crippen LogP contribution is 2.30. The van der Waals surface area contributed by atoms with Crippen LogP contribution >= 0.6 is 0 Å². The summed E-state index contributed by atoms with van der Waals surface area (Å²) in [6.07, 6.45) is -3.63. The summed E-state index contributed by atoms with van der Waals surface area (Å²) in [6, 6.07) is 9.08. The fourth-order valence-electron chi connectivity index (χ4n) is 3.81. The van der Waals surface area contributed by atoms with Crippen LogP contribution in [0.3, 0.4) is 0 Å². The molecule has 2 aromatic carbocycles. The maximum atomic E-state index is 14.4. The summed E-state index contributed by atoms with van der Waals surface area (Å²) >= 11 is 0. The average Bonchev–Trinajstić information content (AvgIpc) is 3.39. The number of ether oxygens (including phenoxy) is 1. The van der Waals surface area contributed by atoms with Crippen molar-refractivity contribution in [3.05, 3.63) is 71.3 Å². The number of alkyl halides is 3. The number of nitrogens with zero attached hydrogens (tertiary/aromatic N) is 1. The van der Waals surface area contributed by atoms with E-state index in [1.54, 1.807) is 6.08 Å². The minimum Gasteiger partial charge on any atom is -0.367 e. The number of anilines is 1. The Morgan fingerprint density at radius 1 is 1.11 bits per heavy atom. The highest BCUT2D eigenvalue weighted by atomic mass is 19.4. The van der Waals surface area contributed by atoms with E-state index in [-0.39, 0.29) is 30.3 Å². The van der Waals surface area contributed by atoms with Crippen LogP contribution < -0.4 is 21.1 Å². The molecule has 2 atom stereocenters. The maximum absolute atomic E-state index is 14.4. The molecule has 0 aromatic heterocycles. The van der Waals surface area contributed by atoms with Crippen molar-refractivity contribution in [2.45, 2.75) is 25.4 Å². The number of hydrogen-bond donors (Lipinski definition) is 3. The van der Waals surface area contributed by atoms with Gasteiger partial charge in [-0.15, -0.1) is 0 Å². The summed E-state index contributed by atoms with van der Waals surface area (Å²) < 4.78 is 69.7. The minimum atomic E-state index is -4.52. The molecule has 2 aliphatic rings. The van der Waals surface area contributed by atoms with Gasteiger partial charge in [-0.2, -0.15) is 13.2 Å². The number of rotatable bonds is 7. The monoisotopic (exact) mass is 496 g/mol. The number of nitrogens with one attached hydrogen (secondary N) is 3. The zero-order valence-corrected chi connectivity index (χ0v) is 18.2. The van der Waals surface area contributed by atoms with E-state index in [1.807, 2.05) is 0 Å². The van der Waals surface area contributed by atoms with Gasteiger partial charge >= 0.3 is 6.18 Å². The summed E-state index contributed by atoms with van der Waals surface area (Å²) in [5, 5.41) is 6.84. The topological polar surface area (TPSA) is 82.7 Å². The number of carbonyl (C=O) groups excluding carboxylic acids is 2. The van der Waals surface area contributed by atoms with Gasteiger partial charge in [0, 0.05) is 18.5 Å². The molecule has 35 heavy (non-hydrogen) atoms. The van der Waals surface area contributed by atoms with Crippen molar-refractivity contribution in [3.8, 4) is 0 Å². The molecular formula is C23H21F5N4O3. The summed E-state index contributed by atoms with van der Waals surface area (Å²) in [7, 11) is 0. The van der Waals surface area contributed by atoms with E-state index in [1.165, 1.54) is 41.4 Å². The Balaban J connectivity index is 1.59. The van der Waals surface area contributed by atoms with E-state index < -0.39 is 43.1 Å². The number of carbonyl (C=O) groups is 2. The lowest BCUT2D eigenvalue weighted by Gasteiger charge is -2.25. The fourth-order valence-corrected chi connectivity index (χ4v) is 3.81. The molecule has 2 amide bonds. The van der Waals surface area contributed by atoms with Gasteiger partial charge in [-0.1, -0.05) is 0 Å². The largest absolute Gasteiger partial charge is 0.411 e. The SMILES string of the molecule is O=C1C[C@H](C(=O)NC2C=C(c3cc(F)cc(COCC(F)(F)F)c3)N(c3ccc(F)cc3)N2)CN1. The molecular weight excluding hydrogens is 475 g/mol. The Morgan fingerprint density at radius 2 is 1.86 bits per heavy atom. The van der Waals surface area contributed by atoms with Gasteiger partial charge in [0.2, 0.25) is 11.8 Å². The second-order valence-electron chi connectivity index (χ2n) is 8.14. The van der Waals surface area contributed by atoms with Crippen LogP contribution in [0.1, 0.15) is 17.5 Å². The number of halogens is 5. The van der Waals surface area contributed by atoms with Crippen LogP contribution in [-0.4, -0.2) is 37.3 Å². The van der Waals surface area contributed by atoms with Crippen molar-refractivity contribution in [2.75, 3.05) is 18.2 Å². The lowest BCUT2D eigenvalue weighted by molar-refractivity contribution is -0.176. The van der Waals surface area contributed by atoms with Crippen molar-refractivity contribution in [1.29, 1.82) is 0 Å². The molecule has 2 heterocycles. The number of hydrazine groups is 1. The highest BCUT2D eigenvalue weighted by Gasteiger charge is 2.32. The standard InChI is InChI=1S/C23H21F5N4O3/c24-16-1-3-18(4-2-16)32-19(9-20(31-32)30-22(34)15-8-21(33)29-10-15)14-5-13(6-17(25)7-14)11-35-12-23(26,27)28/h1-7,9,15,20,31H,8,10-12H2,(H,29,33)(H,30,34)/t15-,20?/m0/s1. The Hall–Kier alpha value is -3.51. The maximum Gasteiger partial charge on any atom is 0.411 e. The van der Waals surface area contributed by atoms with Crippen molar-refractivity contribution in [1.82, 2.24) is 16.1 Å². The van der Waals surface area contributed by atoms with Gasteiger partial charge in [0.25, 0.3) is 0 Å². The first kappa shape index (κ1) is 24.6. The highest BCUT2D eigenvalue weighted by molar-refractivity contribution is 5.90. The molecule has 0 radical (unpaired) electrons. The molecule has 0 aliphatic carbocycles. The molecule has 0 bridgehead atoms. The third-order valence-electron chi connectivity index (χ3n) is 5.35. The van der Waals surface area contributed by atoms with Crippen molar-refractivity contribution in [2.24, 2.45) is 5.92 Å². The molecule has 1 saturated heterocycles. The van der Waals surface area contributed by atoms with Gasteiger partial charge in [-0.25, -0.2) is 14.2 Å². The second kappa shape index (κ2) is 10.0. The molecule has 0 saturated carbocycles. The first-order valence-electron chi connectivity index (χ1n) is 10.6.